The first-order chi connectivity index (χ1) is 5.06. The topological polar surface area (TPSA) is 17.1 Å². The Morgan fingerprint density at radius 2 is 2.27 bits per heavy atom. The number of allylic oxidation sites excluding steroid dienone is 2. The third kappa shape index (κ3) is 1.70. The number of hydrogen-bond donors (Lipinski definition) is 0. The van der Waals surface area contributed by atoms with Crippen LogP contribution in [-0.4, -0.2) is 6.29 Å². The maximum Gasteiger partial charge on any atom is 0.123 e. The average Bonchev–Trinajstić information content (AvgIpc) is 1.85. The highest BCUT2D eigenvalue weighted by Crippen LogP contribution is 2.37. The first-order valence-electron chi connectivity index (χ1n) is 4.20. The molecule has 0 fully saturated rings. The SMILES string of the molecule is CC1=CC(C)(C)[C@H](C=O)CC1. The van der Waals surface area contributed by atoms with E-state index in [1.807, 2.05) is 0 Å². The van der Waals surface area contributed by atoms with Gasteiger partial charge in [0.05, 0.1) is 0 Å². The van der Waals surface area contributed by atoms with Gasteiger partial charge in [-0.15, -0.1) is 0 Å². The van der Waals surface area contributed by atoms with Gasteiger partial charge in [0.1, 0.15) is 6.29 Å². The third-order valence-electron chi connectivity index (χ3n) is 2.59. The molecule has 62 valence electrons. The van der Waals surface area contributed by atoms with Crippen molar-refractivity contribution in [3.63, 3.8) is 0 Å². The predicted molar refractivity (Wildman–Crippen MR) is 46.3 cm³/mol. The fourth-order valence-electron chi connectivity index (χ4n) is 1.81. The van der Waals surface area contributed by atoms with E-state index < -0.39 is 0 Å². The second-order valence-corrected chi connectivity index (χ2v) is 4.09. The van der Waals surface area contributed by atoms with Crippen LogP contribution in [0, 0.1) is 11.3 Å². The van der Waals surface area contributed by atoms with Crippen molar-refractivity contribution >= 4 is 6.29 Å². The second kappa shape index (κ2) is 2.80. The van der Waals surface area contributed by atoms with Crippen LogP contribution >= 0.6 is 0 Å². The van der Waals surface area contributed by atoms with Crippen LogP contribution < -0.4 is 0 Å². The molecule has 0 N–H and O–H groups in total. The number of aldehydes is 1. The Balaban J connectivity index is 2.84. The molecule has 0 saturated heterocycles. The largest absolute Gasteiger partial charge is 0.303 e. The van der Waals surface area contributed by atoms with Gasteiger partial charge in [0, 0.05) is 5.92 Å². The molecular weight excluding hydrogens is 136 g/mol. The summed E-state index contributed by atoms with van der Waals surface area (Å²) in [5.41, 5.74) is 1.51. The Bertz CT molecular complexity index is 189. The zero-order valence-electron chi connectivity index (χ0n) is 7.55. The summed E-state index contributed by atoms with van der Waals surface area (Å²) < 4.78 is 0. The average molecular weight is 152 g/mol. The lowest BCUT2D eigenvalue weighted by Crippen LogP contribution is -2.26. The van der Waals surface area contributed by atoms with E-state index in [0.717, 1.165) is 19.1 Å². The Hall–Kier alpha value is -0.590. The molecule has 1 nitrogen and oxygen atoms in total. The molecule has 0 unspecified atom stereocenters. The lowest BCUT2D eigenvalue weighted by molar-refractivity contribution is -0.113. The Labute approximate surface area is 68.5 Å². The molecule has 0 aliphatic heterocycles. The van der Waals surface area contributed by atoms with Gasteiger partial charge in [0.15, 0.2) is 0 Å². The smallest absolute Gasteiger partial charge is 0.123 e. The van der Waals surface area contributed by atoms with Gasteiger partial charge in [-0.1, -0.05) is 25.5 Å². The molecule has 0 aromatic heterocycles. The molecule has 1 aliphatic carbocycles. The van der Waals surface area contributed by atoms with Crippen molar-refractivity contribution in [3.8, 4) is 0 Å². The quantitative estimate of drug-likeness (QED) is 0.417. The monoisotopic (exact) mass is 152 g/mol. The minimum Gasteiger partial charge on any atom is -0.303 e. The molecular formula is C10H16O. The van der Waals surface area contributed by atoms with E-state index in [1.165, 1.54) is 5.57 Å². The van der Waals surface area contributed by atoms with Crippen LogP contribution in [0.5, 0.6) is 0 Å². The number of rotatable bonds is 1. The van der Waals surface area contributed by atoms with Gasteiger partial charge in [-0.05, 0) is 25.2 Å². The van der Waals surface area contributed by atoms with Crippen LogP contribution in [-0.2, 0) is 4.79 Å². The first kappa shape index (κ1) is 8.51. The molecule has 1 rings (SSSR count). The molecule has 0 aromatic rings. The van der Waals surface area contributed by atoms with E-state index in [0.29, 0.717) is 0 Å². The summed E-state index contributed by atoms with van der Waals surface area (Å²) in [4.78, 5) is 10.7. The van der Waals surface area contributed by atoms with Crippen LogP contribution in [0.25, 0.3) is 0 Å². The molecule has 0 bridgehead atoms. The summed E-state index contributed by atoms with van der Waals surface area (Å²) in [6, 6.07) is 0. The summed E-state index contributed by atoms with van der Waals surface area (Å²) in [6.07, 6.45) is 5.45. The predicted octanol–water partition coefficient (Wildman–Crippen LogP) is 2.57. The zero-order valence-corrected chi connectivity index (χ0v) is 7.55. The van der Waals surface area contributed by atoms with E-state index in [1.54, 1.807) is 0 Å². The Morgan fingerprint density at radius 1 is 1.64 bits per heavy atom. The van der Waals surface area contributed by atoms with Gasteiger partial charge in [0.2, 0.25) is 0 Å². The number of carbonyl (C=O) groups excluding carboxylic acids is 1. The third-order valence-corrected chi connectivity index (χ3v) is 2.59. The molecule has 0 spiro atoms. The number of carbonyl (C=O) groups is 1. The highest BCUT2D eigenvalue weighted by molar-refractivity contribution is 5.56. The van der Waals surface area contributed by atoms with Gasteiger partial charge in [-0.25, -0.2) is 0 Å². The minimum atomic E-state index is 0.0874. The molecule has 0 aromatic carbocycles. The molecule has 1 heteroatoms. The van der Waals surface area contributed by atoms with Crippen molar-refractivity contribution < 1.29 is 4.79 Å². The van der Waals surface area contributed by atoms with Crippen LogP contribution in [0.1, 0.15) is 33.6 Å². The highest BCUT2D eigenvalue weighted by Gasteiger charge is 2.29. The Morgan fingerprint density at radius 3 is 2.73 bits per heavy atom. The fraction of sp³-hybridized carbons (Fsp3) is 0.700. The van der Waals surface area contributed by atoms with Gasteiger partial charge >= 0.3 is 0 Å². The molecule has 0 heterocycles. The summed E-state index contributed by atoms with van der Waals surface area (Å²) in [6.45, 7) is 6.41. The van der Waals surface area contributed by atoms with E-state index >= 15 is 0 Å². The lowest BCUT2D eigenvalue weighted by atomic mass is 9.72. The van der Waals surface area contributed by atoms with Crippen molar-refractivity contribution in [2.24, 2.45) is 11.3 Å². The molecule has 0 saturated carbocycles. The zero-order chi connectivity index (χ0) is 8.48. The lowest BCUT2D eigenvalue weighted by Gasteiger charge is -2.32. The maximum absolute atomic E-state index is 10.7. The Kier molecular flexibility index (Phi) is 2.17. The summed E-state index contributed by atoms with van der Waals surface area (Å²) in [5, 5.41) is 0. The van der Waals surface area contributed by atoms with Crippen molar-refractivity contribution in [1.29, 1.82) is 0 Å². The highest BCUT2D eigenvalue weighted by atomic mass is 16.1. The molecule has 1 aliphatic rings. The summed E-state index contributed by atoms with van der Waals surface area (Å²) >= 11 is 0. The van der Waals surface area contributed by atoms with Gasteiger partial charge in [0.25, 0.3) is 0 Å². The van der Waals surface area contributed by atoms with Crippen LogP contribution in [0.15, 0.2) is 11.6 Å². The first-order valence-corrected chi connectivity index (χ1v) is 4.20. The van der Waals surface area contributed by atoms with Gasteiger partial charge in [-0.2, -0.15) is 0 Å². The summed E-state index contributed by atoms with van der Waals surface area (Å²) in [5.74, 6) is 0.228. The van der Waals surface area contributed by atoms with Crippen LogP contribution in [0.2, 0.25) is 0 Å². The minimum absolute atomic E-state index is 0.0874. The molecule has 11 heavy (non-hydrogen) atoms. The van der Waals surface area contributed by atoms with Crippen molar-refractivity contribution in [1.82, 2.24) is 0 Å². The summed E-state index contributed by atoms with van der Waals surface area (Å²) in [7, 11) is 0. The van der Waals surface area contributed by atoms with Crippen molar-refractivity contribution in [2.75, 3.05) is 0 Å². The van der Waals surface area contributed by atoms with Crippen molar-refractivity contribution in [2.45, 2.75) is 33.6 Å². The second-order valence-electron chi connectivity index (χ2n) is 4.09. The van der Waals surface area contributed by atoms with E-state index in [9.17, 15) is 4.79 Å². The molecule has 1 atom stereocenters. The molecule has 0 radical (unpaired) electrons. The van der Waals surface area contributed by atoms with Gasteiger partial charge in [-0.3, -0.25) is 0 Å². The van der Waals surface area contributed by atoms with E-state index in [-0.39, 0.29) is 11.3 Å². The normalized spacial score (nSPS) is 29.4. The maximum atomic E-state index is 10.7. The number of hydrogen-bond acceptors (Lipinski definition) is 1. The van der Waals surface area contributed by atoms with Crippen LogP contribution in [0.3, 0.4) is 0 Å². The molecule has 0 amide bonds. The van der Waals surface area contributed by atoms with Crippen LogP contribution in [0.4, 0.5) is 0 Å². The van der Waals surface area contributed by atoms with Gasteiger partial charge < -0.3 is 4.79 Å². The van der Waals surface area contributed by atoms with Crippen molar-refractivity contribution in [3.05, 3.63) is 11.6 Å². The fourth-order valence-corrected chi connectivity index (χ4v) is 1.81. The van der Waals surface area contributed by atoms with E-state index in [4.69, 9.17) is 0 Å². The van der Waals surface area contributed by atoms with E-state index in [2.05, 4.69) is 26.8 Å². The standard InChI is InChI=1S/C10H16O/c1-8-4-5-9(7-11)10(2,3)6-8/h6-7,9H,4-5H2,1-3H3/t9-/m0/s1.